The minimum atomic E-state index is -4.29. The van der Waals surface area contributed by atoms with Crippen molar-refractivity contribution in [1.82, 2.24) is 5.32 Å². The van der Waals surface area contributed by atoms with E-state index in [1.54, 1.807) is 12.1 Å². The van der Waals surface area contributed by atoms with Gasteiger partial charge in [0.25, 0.3) is 10.0 Å². The number of ether oxygens (including phenoxy) is 4. The van der Waals surface area contributed by atoms with E-state index in [1.807, 2.05) is 30.3 Å². The predicted molar refractivity (Wildman–Crippen MR) is 150 cm³/mol. The van der Waals surface area contributed by atoms with Gasteiger partial charge in [0, 0.05) is 12.1 Å². The Balaban J connectivity index is 2.08. The molecule has 0 aliphatic carbocycles. The lowest BCUT2D eigenvalue weighted by molar-refractivity contribution is -0.120. The summed E-state index contributed by atoms with van der Waals surface area (Å²) in [7, 11) is 1.50. The lowest BCUT2D eigenvalue weighted by atomic mass is 9.97. The number of amides is 1. The summed E-state index contributed by atoms with van der Waals surface area (Å²) in [5.41, 5.74) is 1.09. The molecule has 0 unspecified atom stereocenters. The smallest absolute Gasteiger partial charge is 0.265 e. The molecule has 0 radical (unpaired) electrons. The fourth-order valence-corrected chi connectivity index (χ4v) is 5.64. The average molecular weight is 557 g/mol. The van der Waals surface area contributed by atoms with Crippen molar-refractivity contribution in [3.05, 3.63) is 72.3 Å². The van der Waals surface area contributed by atoms with Crippen molar-refractivity contribution in [2.24, 2.45) is 5.92 Å². The third kappa shape index (κ3) is 7.14. The highest BCUT2D eigenvalue weighted by Crippen LogP contribution is 2.37. The quantitative estimate of drug-likeness (QED) is 0.322. The van der Waals surface area contributed by atoms with Crippen molar-refractivity contribution < 1.29 is 32.2 Å². The molecule has 0 bridgehead atoms. The Morgan fingerprint density at radius 2 is 1.46 bits per heavy atom. The van der Waals surface area contributed by atoms with Crippen LogP contribution in [0.15, 0.2) is 71.6 Å². The number of carbonyl (C=O) groups excluding carboxylic acids is 1. The monoisotopic (exact) mass is 556 g/mol. The maximum Gasteiger partial charge on any atom is 0.265 e. The van der Waals surface area contributed by atoms with E-state index in [2.05, 4.69) is 19.2 Å². The molecule has 1 N–H and O–H groups in total. The van der Waals surface area contributed by atoms with Gasteiger partial charge in [0.2, 0.25) is 5.91 Å². The van der Waals surface area contributed by atoms with Gasteiger partial charge >= 0.3 is 0 Å². The van der Waals surface area contributed by atoms with E-state index in [-0.39, 0.29) is 28.1 Å². The standard InChI is InChI=1S/C29H36N2O7S/c1-20(2)16-24(21-10-8-7-9-11-21)30-29(32)19-31(25-17-22(35-3)12-14-26(25)36-4)39(33,34)23-13-15-27(37-5)28(18-23)38-6/h7-15,17-18,20,24H,16,19H2,1-6H3,(H,30,32)/t24-/m1/s1. The van der Waals surface area contributed by atoms with Gasteiger partial charge in [-0.3, -0.25) is 9.10 Å². The molecule has 0 spiro atoms. The first-order chi connectivity index (χ1) is 18.6. The van der Waals surface area contributed by atoms with Crippen LogP contribution in [-0.4, -0.2) is 49.3 Å². The van der Waals surface area contributed by atoms with Gasteiger partial charge in [0.1, 0.15) is 18.0 Å². The highest BCUT2D eigenvalue weighted by molar-refractivity contribution is 7.92. The summed E-state index contributed by atoms with van der Waals surface area (Å²) in [6.45, 7) is 3.63. The minimum absolute atomic E-state index is 0.0837. The van der Waals surface area contributed by atoms with Crippen LogP contribution < -0.4 is 28.6 Å². The van der Waals surface area contributed by atoms with Gasteiger partial charge in [-0.15, -0.1) is 0 Å². The fraction of sp³-hybridized carbons (Fsp3) is 0.345. The summed E-state index contributed by atoms with van der Waals surface area (Å²) in [6, 6.07) is 18.3. The molecule has 0 aliphatic rings. The average Bonchev–Trinajstić information content (AvgIpc) is 2.94. The van der Waals surface area contributed by atoms with Crippen molar-refractivity contribution >= 4 is 21.6 Å². The highest BCUT2D eigenvalue weighted by Gasteiger charge is 2.31. The first kappa shape index (κ1) is 29.6. The third-order valence-corrected chi connectivity index (χ3v) is 7.88. The van der Waals surface area contributed by atoms with Gasteiger partial charge in [0.05, 0.1) is 45.1 Å². The lowest BCUT2D eigenvalue weighted by Crippen LogP contribution is -2.42. The number of nitrogens with one attached hydrogen (secondary N) is 1. The second-order valence-corrected chi connectivity index (χ2v) is 11.1. The van der Waals surface area contributed by atoms with Crippen molar-refractivity contribution in [2.45, 2.75) is 31.2 Å². The van der Waals surface area contributed by atoms with Crippen LogP contribution in [0.4, 0.5) is 5.69 Å². The molecule has 0 aliphatic heterocycles. The topological polar surface area (TPSA) is 103 Å². The van der Waals surface area contributed by atoms with Crippen LogP contribution in [0.5, 0.6) is 23.0 Å². The van der Waals surface area contributed by atoms with Crippen molar-refractivity contribution in [2.75, 3.05) is 39.3 Å². The maximum atomic E-state index is 14.1. The first-order valence-corrected chi connectivity index (χ1v) is 13.9. The molecule has 3 aromatic carbocycles. The largest absolute Gasteiger partial charge is 0.497 e. The van der Waals surface area contributed by atoms with Gasteiger partial charge < -0.3 is 24.3 Å². The van der Waals surface area contributed by atoms with Crippen LogP contribution in [0, 0.1) is 5.92 Å². The van der Waals surface area contributed by atoms with E-state index >= 15 is 0 Å². The van der Waals surface area contributed by atoms with E-state index in [1.165, 1.54) is 52.7 Å². The molecule has 9 nitrogen and oxygen atoms in total. The molecule has 1 atom stereocenters. The summed E-state index contributed by atoms with van der Waals surface area (Å²) in [5, 5.41) is 3.03. The van der Waals surface area contributed by atoms with Crippen LogP contribution in [0.2, 0.25) is 0 Å². The molecule has 0 saturated heterocycles. The van der Waals surface area contributed by atoms with Crippen molar-refractivity contribution in [1.29, 1.82) is 0 Å². The molecule has 1 amide bonds. The van der Waals surface area contributed by atoms with Crippen molar-refractivity contribution in [3.63, 3.8) is 0 Å². The zero-order valence-corrected chi connectivity index (χ0v) is 23.9. The van der Waals surface area contributed by atoms with E-state index < -0.39 is 22.5 Å². The lowest BCUT2D eigenvalue weighted by Gasteiger charge is -2.28. The van der Waals surface area contributed by atoms with Crippen LogP contribution in [0.25, 0.3) is 0 Å². The SMILES string of the molecule is COc1ccc(OC)c(N(CC(=O)N[C@H](CC(C)C)c2ccccc2)S(=O)(=O)c2ccc(OC)c(OC)c2)c1. The second kappa shape index (κ2) is 13.2. The second-order valence-electron chi connectivity index (χ2n) is 9.23. The normalized spacial score (nSPS) is 12.0. The molecular weight excluding hydrogens is 520 g/mol. The zero-order valence-electron chi connectivity index (χ0n) is 23.1. The molecule has 39 heavy (non-hydrogen) atoms. The molecule has 0 fully saturated rings. The van der Waals surface area contributed by atoms with Gasteiger partial charge in [-0.25, -0.2) is 8.42 Å². The summed E-state index contributed by atoms with van der Waals surface area (Å²) in [4.78, 5) is 13.4. The molecule has 210 valence electrons. The molecule has 3 aromatic rings. The Morgan fingerprint density at radius 1 is 0.821 bits per heavy atom. The Hall–Kier alpha value is -3.92. The number of nitrogens with zero attached hydrogens (tertiary/aromatic N) is 1. The van der Waals surface area contributed by atoms with E-state index in [0.717, 1.165) is 9.87 Å². The number of hydrogen-bond donors (Lipinski definition) is 1. The van der Waals surface area contributed by atoms with E-state index in [0.29, 0.717) is 23.8 Å². The molecule has 10 heteroatoms. The van der Waals surface area contributed by atoms with Gasteiger partial charge in [0.15, 0.2) is 11.5 Å². The molecule has 0 heterocycles. The van der Waals surface area contributed by atoms with Gasteiger partial charge in [-0.05, 0) is 42.2 Å². The third-order valence-electron chi connectivity index (χ3n) is 6.13. The number of carbonyl (C=O) groups is 1. The number of hydrogen-bond acceptors (Lipinski definition) is 7. The Labute approximate surface area is 230 Å². The summed E-state index contributed by atoms with van der Waals surface area (Å²) in [6.07, 6.45) is 0.681. The minimum Gasteiger partial charge on any atom is -0.497 e. The summed E-state index contributed by atoms with van der Waals surface area (Å²) >= 11 is 0. The number of sulfonamides is 1. The van der Waals surface area contributed by atoms with E-state index in [9.17, 15) is 13.2 Å². The number of rotatable bonds is 13. The number of anilines is 1. The summed E-state index contributed by atoms with van der Waals surface area (Å²) < 4.78 is 50.6. The van der Waals surface area contributed by atoms with Gasteiger partial charge in [-0.2, -0.15) is 0 Å². The van der Waals surface area contributed by atoms with Crippen LogP contribution in [0.3, 0.4) is 0 Å². The van der Waals surface area contributed by atoms with Crippen LogP contribution >= 0.6 is 0 Å². The van der Waals surface area contributed by atoms with Crippen LogP contribution in [0.1, 0.15) is 31.9 Å². The Bertz CT molecular complexity index is 1360. The highest BCUT2D eigenvalue weighted by atomic mass is 32.2. The fourth-order valence-electron chi connectivity index (χ4n) is 4.20. The zero-order chi connectivity index (χ0) is 28.6. The Morgan fingerprint density at radius 3 is 2.05 bits per heavy atom. The Kier molecular flexibility index (Phi) is 10.1. The number of methoxy groups -OCH3 is 4. The molecular formula is C29H36N2O7S. The van der Waals surface area contributed by atoms with E-state index in [4.69, 9.17) is 18.9 Å². The molecule has 0 aromatic heterocycles. The number of benzene rings is 3. The van der Waals surface area contributed by atoms with Crippen LogP contribution in [-0.2, 0) is 14.8 Å². The van der Waals surface area contributed by atoms with Gasteiger partial charge in [-0.1, -0.05) is 44.2 Å². The maximum absolute atomic E-state index is 14.1. The first-order valence-electron chi connectivity index (χ1n) is 12.5. The molecule has 0 saturated carbocycles. The predicted octanol–water partition coefficient (Wildman–Crippen LogP) is 4.82. The summed E-state index contributed by atoms with van der Waals surface area (Å²) in [5.74, 6) is 1.09. The van der Waals surface area contributed by atoms with Crippen molar-refractivity contribution in [3.8, 4) is 23.0 Å². The molecule has 3 rings (SSSR count).